The summed E-state index contributed by atoms with van der Waals surface area (Å²) in [6.07, 6.45) is 8.60. The summed E-state index contributed by atoms with van der Waals surface area (Å²) >= 11 is 0. The van der Waals surface area contributed by atoms with E-state index in [-0.39, 0.29) is 5.91 Å². The van der Waals surface area contributed by atoms with E-state index in [0.717, 1.165) is 18.9 Å². The summed E-state index contributed by atoms with van der Waals surface area (Å²) in [4.78, 5) is 11.4. The Morgan fingerprint density at radius 2 is 2.12 bits per heavy atom. The minimum absolute atomic E-state index is 0.157. The molecule has 0 aromatic rings. The Morgan fingerprint density at radius 1 is 1.44 bits per heavy atom. The second kappa shape index (κ2) is 7.66. The van der Waals surface area contributed by atoms with Crippen LogP contribution in [0.4, 0.5) is 0 Å². The van der Waals surface area contributed by atoms with E-state index in [1.807, 2.05) is 6.92 Å². The lowest BCUT2D eigenvalue weighted by molar-refractivity contribution is -0.121. The summed E-state index contributed by atoms with van der Waals surface area (Å²) in [5.74, 6) is 1.39. The van der Waals surface area contributed by atoms with Crippen LogP contribution >= 0.6 is 0 Å². The van der Waals surface area contributed by atoms with Crippen molar-refractivity contribution >= 4 is 5.91 Å². The first-order chi connectivity index (χ1) is 7.72. The topological polar surface area (TPSA) is 55.1 Å². The predicted octanol–water partition coefficient (Wildman–Crippen LogP) is 2.06. The Labute approximate surface area is 99.2 Å². The van der Waals surface area contributed by atoms with Gasteiger partial charge in [0.1, 0.15) is 0 Å². The smallest absolute Gasteiger partial charge is 0.220 e. The van der Waals surface area contributed by atoms with Crippen LogP contribution in [0, 0.1) is 11.8 Å². The summed E-state index contributed by atoms with van der Waals surface area (Å²) in [5, 5.41) is 2.98. The molecule has 0 aromatic heterocycles. The average Bonchev–Trinajstić information content (AvgIpc) is 2.77. The van der Waals surface area contributed by atoms with Crippen molar-refractivity contribution in [1.82, 2.24) is 5.32 Å². The zero-order chi connectivity index (χ0) is 11.8. The van der Waals surface area contributed by atoms with Gasteiger partial charge in [0, 0.05) is 13.0 Å². The SMILES string of the molecule is CC(CN)CC(=O)NCCCC1CCCC1. The van der Waals surface area contributed by atoms with Crippen LogP contribution in [0.25, 0.3) is 0 Å². The fourth-order valence-electron chi connectivity index (χ4n) is 2.39. The van der Waals surface area contributed by atoms with Crippen LogP contribution in [0.3, 0.4) is 0 Å². The van der Waals surface area contributed by atoms with Crippen LogP contribution in [0.1, 0.15) is 51.9 Å². The van der Waals surface area contributed by atoms with Crippen molar-refractivity contribution < 1.29 is 4.79 Å². The first-order valence-electron chi connectivity index (χ1n) is 6.69. The van der Waals surface area contributed by atoms with Gasteiger partial charge in [-0.15, -0.1) is 0 Å². The van der Waals surface area contributed by atoms with Gasteiger partial charge < -0.3 is 11.1 Å². The van der Waals surface area contributed by atoms with E-state index in [2.05, 4.69) is 5.32 Å². The summed E-state index contributed by atoms with van der Waals surface area (Å²) in [6, 6.07) is 0. The highest BCUT2D eigenvalue weighted by atomic mass is 16.1. The van der Waals surface area contributed by atoms with Gasteiger partial charge in [-0.05, 0) is 31.2 Å². The maximum atomic E-state index is 11.4. The molecular weight excluding hydrogens is 200 g/mol. The Bertz CT molecular complexity index is 200. The number of carbonyl (C=O) groups is 1. The van der Waals surface area contributed by atoms with E-state index in [1.165, 1.54) is 32.1 Å². The summed E-state index contributed by atoms with van der Waals surface area (Å²) < 4.78 is 0. The van der Waals surface area contributed by atoms with E-state index >= 15 is 0 Å². The quantitative estimate of drug-likeness (QED) is 0.653. The Morgan fingerprint density at radius 3 is 2.75 bits per heavy atom. The van der Waals surface area contributed by atoms with Gasteiger partial charge in [0.15, 0.2) is 0 Å². The van der Waals surface area contributed by atoms with E-state index < -0.39 is 0 Å². The lowest BCUT2D eigenvalue weighted by atomic mass is 10.0. The number of hydrogen-bond donors (Lipinski definition) is 2. The molecule has 16 heavy (non-hydrogen) atoms. The van der Waals surface area contributed by atoms with Crippen LogP contribution in [-0.2, 0) is 4.79 Å². The minimum Gasteiger partial charge on any atom is -0.356 e. The van der Waals surface area contributed by atoms with E-state index in [1.54, 1.807) is 0 Å². The zero-order valence-electron chi connectivity index (χ0n) is 10.5. The molecule has 3 heteroatoms. The van der Waals surface area contributed by atoms with Crippen LogP contribution in [0.5, 0.6) is 0 Å². The predicted molar refractivity (Wildman–Crippen MR) is 67.0 cm³/mol. The second-order valence-corrected chi connectivity index (χ2v) is 5.19. The molecule has 3 N–H and O–H groups in total. The molecule has 1 fully saturated rings. The van der Waals surface area contributed by atoms with Crippen LogP contribution < -0.4 is 11.1 Å². The molecule has 0 heterocycles. The molecule has 1 amide bonds. The molecule has 1 atom stereocenters. The lowest BCUT2D eigenvalue weighted by Gasteiger charge is -2.11. The number of amides is 1. The van der Waals surface area contributed by atoms with Gasteiger partial charge in [0.2, 0.25) is 5.91 Å². The molecule has 1 saturated carbocycles. The minimum atomic E-state index is 0.157. The molecule has 0 radical (unpaired) electrons. The largest absolute Gasteiger partial charge is 0.356 e. The molecular formula is C13H26N2O. The standard InChI is InChI=1S/C13H26N2O/c1-11(10-14)9-13(16)15-8-4-7-12-5-2-3-6-12/h11-12H,2-10,14H2,1H3,(H,15,16). The fraction of sp³-hybridized carbons (Fsp3) is 0.923. The number of hydrogen-bond acceptors (Lipinski definition) is 2. The van der Waals surface area contributed by atoms with Crippen molar-refractivity contribution in [2.75, 3.05) is 13.1 Å². The van der Waals surface area contributed by atoms with Crippen LogP contribution in [-0.4, -0.2) is 19.0 Å². The molecule has 3 nitrogen and oxygen atoms in total. The third kappa shape index (κ3) is 5.50. The average molecular weight is 226 g/mol. The van der Waals surface area contributed by atoms with Gasteiger partial charge in [-0.25, -0.2) is 0 Å². The zero-order valence-corrected chi connectivity index (χ0v) is 10.5. The molecule has 1 aliphatic rings. The van der Waals surface area contributed by atoms with Crippen molar-refractivity contribution in [2.45, 2.75) is 51.9 Å². The number of nitrogens with one attached hydrogen (secondary N) is 1. The highest BCUT2D eigenvalue weighted by Gasteiger charge is 2.14. The van der Waals surface area contributed by atoms with E-state index in [0.29, 0.717) is 18.9 Å². The monoisotopic (exact) mass is 226 g/mol. The molecule has 1 unspecified atom stereocenters. The first kappa shape index (κ1) is 13.5. The van der Waals surface area contributed by atoms with Gasteiger partial charge in [0.05, 0.1) is 0 Å². The Balaban J connectivity index is 1.95. The lowest BCUT2D eigenvalue weighted by Crippen LogP contribution is -2.28. The molecule has 0 aliphatic heterocycles. The number of rotatable bonds is 7. The summed E-state index contributed by atoms with van der Waals surface area (Å²) in [7, 11) is 0. The van der Waals surface area contributed by atoms with Crippen LogP contribution in [0.15, 0.2) is 0 Å². The Hall–Kier alpha value is -0.570. The maximum Gasteiger partial charge on any atom is 0.220 e. The van der Waals surface area contributed by atoms with Crippen LogP contribution in [0.2, 0.25) is 0 Å². The van der Waals surface area contributed by atoms with E-state index in [9.17, 15) is 4.79 Å². The van der Waals surface area contributed by atoms with Crippen molar-refractivity contribution in [3.63, 3.8) is 0 Å². The molecule has 0 aromatic carbocycles. The molecule has 1 rings (SSSR count). The van der Waals surface area contributed by atoms with Gasteiger partial charge in [-0.3, -0.25) is 4.79 Å². The van der Waals surface area contributed by atoms with Crippen molar-refractivity contribution in [3.8, 4) is 0 Å². The normalized spacial score (nSPS) is 18.6. The molecule has 0 bridgehead atoms. The van der Waals surface area contributed by atoms with Gasteiger partial charge in [0.25, 0.3) is 0 Å². The molecule has 94 valence electrons. The third-order valence-corrected chi connectivity index (χ3v) is 3.52. The maximum absolute atomic E-state index is 11.4. The third-order valence-electron chi connectivity index (χ3n) is 3.52. The highest BCUT2D eigenvalue weighted by Crippen LogP contribution is 2.28. The molecule has 0 spiro atoms. The fourth-order valence-corrected chi connectivity index (χ4v) is 2.39. The summed E-state index contributed by atoms with van der Waals surface area (Å²) in [5.41, 5.74) is 5.48. The molecule has 0 saturated heterocycles. The van der Waals surface area contributed by atoms with Crippen molar-refractivity contribution in [2.24, 2.45) is 17.6 Å². The number of carbonyl (C=O) groups excluding carboxylic acids is 1. The summed E-state index contributed by atoms with van der Waals surface area (Å²) in [6.45, 7) is 3.44. The van der Waals surface area contributed by atoms with Gasteiger partial charge >= 0.3 is 0 Å². The second-order valence-electron chi connectivity index (χ2n) is 5.19. The first-order valence-corrected chi connectivity index (χ1v) is 6.69. The molecule has 1 aliphatic carbocycles. The number of nitrogens with two attached hydrogens (primary N) is 1. The highest BCUT2D eigenvalue weighted by molar-refractivity contribution is 5.76. The van der Waals surface area contributed by atoms with Crippen molar-refractivity contribution in [1.29, 1.82) is 0 Å². The Kier molecular flexibility index (Phi) is 6.46. The van der Waals surface area contributed by atoms with E-state index in [4.69, 9.17) is 5.73 Å². The van der Waals surface area contributed by atoms with Crippen molar-refractivity contribution in [3.05, 3.63) is 0 Å². The van der Waals surface area contributed by atoms with Gasteiger partial charge in [-0.2, -0.15) is 0 Å². The van der Waals surface area contributed by atoms with Gasteiger partial charge in [-0.1, -0.05) is 32.6 Å².